The molecule has 2 amide bonds. The molecule has 0 unspecified atom stereocenters. The fourth-order valence-electron chi connectivity index (χ4n) is 2.40. The van der Waals surface area contributed by atoms with E-state index in [1.54, 1.807) is 43.3 Å². The van der Waals surface area contributed by atoms with Gasteiger partial charge in [0.15, 0.2) is 0 Å². The van der Waals surface area contributed by atoms with E-state index < -0.39 is 0 Å². The van der Waals surface area contributed by atoms with Gasteiger partial charge in [-0.25, -0.2) is 4.39 Å². The van der Waals surface area contributed by atoms with Crippen molar-refractivity contribution < 1.29 is 18.7 Å². The van der Waals surface area contributed by atoms with E-state index in [4.69, 9.17) is 4.74 Å². The highest BCUT2D eigenvalue weighted by Gasteiger charge is 2.17. The summed E-state index contributed by atoms with van der Waals surface area (Å²) in [6, 6.07) is 13.3. The fraction of sp³-hybridized carbons (Fsp3) is 0.300. The predicted molar refractivity (Wildman–Crippen MR) is 104 cm³/mol. The van der Waals surface area contributed by atoms with E-state index in [2.05, 4.69) is 5.32 Å². The van der Waals surface area contributed by atoms with Crippen LogP contribution in [-0.2, 0) is 16.1 Å². The molecule has 0 aromatic heterocycles. The van der Waals surface area contributed by atoms with Crippen LogP contribution in [0.4, 0.5) is 4.39 Å². The van der Waals surface area contributed by atoms with Crippen molar-refractivity contribution in [3.63, 3.8) is 0 Å². The summed E-state index contributed by atoms with van der Waals surface area (Å²) < 4.78 is 17.9. The standard InChI is InChI=1S/C20H23FN2O3S/c1-23(13-15-7-9-16(21)10-8-15)20(25)17-5-3-4-6-18(17)27-14-19(24)22-11-12-26-2/h3-10H,11-14H2,1-2H3,(H,22,24). The molecular weight excluding hydrogens is 367 g/mol. The van der Waals surface area contributed by atoms with E-state index in [0.717, 1.165) is 10.5 Å². The van der Waals surface area contributed by atoms with Crippen LogP contribution in [-0.4, -0.2) is 49.8 Å². The van der Waals surface area contributed by atoms with Gasteiger partial charge in [-0.05, 0) is 29.8 Å². The van der Waals surface area contributed by atoms with Crippen molar-refractivity contribution in [1.29, 1.82) is 0 Å². The van der Waals surface area contributed by atoms with Gasteiger partial charge < -0.3 is 15.0 Å². The van der Waals surface area contributed by atoms with Gasteiger partial charge in [-0.15, -0.1) is 11.8 Å². The van der Waals surface area contributed by atoms with Crippen molar-refractivity contribution in [2.45, 2.75) is 11.4 Å². The molecule has 0 saturated heterocycles. The first kappa shape index (κ1) is 20.9. The maximum absolute atomic E-state index is 13.0. The van der Waals surface area contributed by atoms with Gasteiger partial charge >= 0.3 is 0 Å². The van der Waals surface area contributed by atoms with Gasteiger partial charge in [-0.1, -0.05) is 24.3 Å². The molecule has 0 saturated carbocycles. The third kappa shape index (κ3) is 6.69. The Balaban J connectivity index is 1.99. The van der Waals surface area contributed by atoms with Crippen LogP contribution >= 0.6 is 11.8 Å². The number of halogens is 1. The normalized spacial score (nSPS) is 10.5. The summed E-state index contributed by atoms with van der Waals surface area (Å²) in [4.78, 5) is 27.0. The van der Waals surface area contributed by atoms with Gasteiger partial charge in [0.05, 0.1) is 17.9 Å². The molecule has 2 aromatic rings. The average molecular weight is 390 g/mol. The van der Waals surface area contributed by atoms with Crippen LogP contribution in [0, 0.1) is 5.82 Å². The largest absolute Gasteiger partial charge is 0.383 e. The molecule has 7 heteroatoms. The molecular formula is C20H23FN2O3S. The van der Waals surface area contributed by atoms with E-state index in [1.165, 1.54) is 23.9 Å². The summed E-state index contributed by atoms with van der Waals surface area (Å²) in [5, 5.41) is 2.75. The predicted octanol–water partition coefficient (Wildman–Crippen LogP) is 2.95. The number of hydrogen-bond acceptors (Lipinski definition) is 4. The summed E-state index contributed by atoms with van der Waals surface area (Å²) in [7, 11) is 3.27. The molecule has 0 heterocycles. The van der Waals surface area contributed by atoms with Crippen LogP contribution in [0.5, 0.6) is 0 Å². The molecule has 0 radical (unpaired) electrons. The Bertz CT molecular complexity index is 768. The van der Waals surface area contributed by atoms with Crippen LogP contribution in [0.1, 0.15) is 15.9 Å². The van der Waals surface area contributed by atoms with Gasteiger partial charge in [0.1, 0.15) is 5.82 Å². The quantitative estimate of drug-likeness (QED) is 0.528. The molecule has 0 aliphatic rings. The average Bonchev–Trinajstić information content (AvgIpc) is 2.68. The van der Waals surface area contributed by atoms with Gasteiger partial charge in [0.2, 0.25) is 5.91 Å². The number of amides is 2. The topological polar surface area (TPSA) is 58.6 Å². The Morgan fingerprint density at radius 2 is 1.85 bits per heavy atom. The fourth-order valence-corrected chi connectivity index (χ4v) is 3.27. The zero-order valence-corrected chi connectivity index (χ0v) is 16.2. The third-order valence-electron chi connectivity index (χ3n) is 3.78. The smallest absolute Gasteiger partial charge is 0.255 e. The molecule has 2 aromatic carbocycles. The first-order valence-corrected chi connectivity index (χ1v) is 9.47. The minimum Gasteiger partial charge on any atom is -0.383 e. The van der Waals surface area contributed by atoms with Crippen molar-refractivity contribution in [3.05, 3.63) is 65.5 Å². The van der Waals surface area contributed by atoms with Crippen LogP contribution in [0.3, 0.4) is 0 Å². The van der Waals surface area contributed by atoms with E-state index in [9.17, 15) is 14.0 Å². The molecule has 0 bridgehead atoms. The Morgan fingerprint density at radius 3 is 2.56 bits per heavy atom. The van der Waals surface area contributed by atoms with E-state index in [0.29, 0.717) is 25.3 Å². The minimum atomic E-state index is -0.307. The first-order valence-electron chi connectivity index (χ1n) is 8.48. The maximum atomic E-state index is 13.0. The number of rotatable bonds is 9. The molecule has 0 aliphatic heterocycles. The molecule has 0 aliphatic carbocycles. The lowest BCUT2D eigenvalue weighted by atomic mass is 10.1. The second-order valence-electron chi connectivity index (χ2n) is 5.92. The number of methoxy groups -OCH3 is 1. The summed E-state index contributed by atoms with van der Waals surface area (Å²) in [6.45, 7) is 1.28. The molecule has 27 heavy (non-hydrogen) atoms. The van der Waals surface area contributed by atoms with Crippen LogP contribution < -0.4 is 5.32 Å². The van der Waals surface area contributed by atoms with E-state index in [-0.39, 0.29) is 23.4 Å². The van der Waals surface area contributed by atoms with Gasteiger partial charge in [-0.3, -0.25) is 9.59 Å². The van der Waals surface area contributed by atoms with Crippen molar-refractivity contribution in [2.24, 2.45) is 0 Å². The monoisotopic (exact) mass is 390 g/mol. The van der Waals surface area contributed by atoms with Crippen molar-refractivity contribution in [2.75, 3.05) is 33.1 Å². The van der Waals surface area contributed by atoms with E-state index >= 15 is 0 Å². The first-order chi connectivity index (χ1) is 13.0. The van der Waals surface area contributed by atoms with Crippen LogP contribution in [0.25, 0.3) is 0 Å². The molecule has 5 nitrogen and oxygen atoms in total. The lowest BCUT2D eigenvalue weighted by molar-refractivity contribution is -0.118. The highest BCUT2D eigenvalue weighted by Crippen LogP contribution is 2.24. The number of ether oxygens (including phenoxy) is 1. The number of thioether (sulfide) groups is 1. The lowest BCUT2D eigenvalue weighted by Gasteiger charge is -2.19. The highest BCUT2D eigenvalue weighted by molar-refractivity contribution is 8.00. The number of benzene rings is 2. The van der Waals surface area contributed by atoms with Gasteiger partial charge in [-0.2, -0.15) is 0 Å². The Kier molecular flexibility index (Phi) is 8.29. The molecule has 1 N–H and O–H groups in total. The molecule has 2 rings (SSSR count). The van der Waals surface area contributed by atoms with Gasteiger partial charge in [0.25, 0.3) is 5.91 Å². The van der Waals surface area contributed by atoms with Crippen molar-refractivity contribution >= 4 is 23.6 Å². The van der Waals surface area contributed by atoms with Crippen LogP contribution in [0.2, 0.25) is 0 Å². The Labute approximate surface area is 162 Å². The number of hydrogen-bond donors (Lipinski definition) is 1. The van der Waals surface area contributed by atoms with Crippen molar-refractivity contribution in [3.8, 4) is 0 Å². The summed E-state index contributed by atoms with van der Waals surface area (Å²) in [6.07, 6.45) is 0. The second-order valence-corrected chi connectivity index (χ2v) is 6.93. The zero-order valence-electron chi connectivity index (χ0n) is 15.4. The Morgan fingerprint density at radius 1 is 1.15 bits per heavy atom. The van der Waals surface area contributed by atoms with Crippen molar-refractivity contribution in [1.82, 2.24) is 10.2 Å². The van der Waals surface area contributed by atoms with Gasteiger partial charge in [0, 0.05) is 32.1 Å². The summed E-state index contributed by atoms with van der Waals surface area (Å²) in [5.41, 5.74) is 1.38. The lowest BCUT2D eigenvalue weighted by Crippen LogP contribution is -2.29. The second kappa shape index (κ2) is 10.7. The summed E-state index contributed by atoms with van der Waals surface area (Å²) in [5.74, 6) is -0.352. The molecule has 0 atom stereocenters. The molecule has 0 fully saturated rings. The third-order valence-corrected chi connectivity index (χ3v) is 4.86. The number of nitrogens with zero attached hydrogens (tertiary/aromatic N) is 1. The maximum Gasteiger partial charge on any atom is 0.255 e. The summed E-state index contributed by atoms with van der Waals surface area (Å²) >= 11 is 1.32. The molecule has 0 spiro atoms. The number of carbonyl (C=O) groups is 2. The number of carbonyl (C=O) groups excluding carboxylic acids is 2. The minimum absolute atomic E-state index is 0.112. The van der Waals surface area contributed by atoms with E-state index in [1.807, 2.05) is 12.1 Å². The van der Waals surface area contributed by atoms with Crippen LogP contribution in [0.15, 0.2) is 53.4 Å². The number of nitrogens with one attached hydrogen (secondary N) is 1. The Hall–Kier alpha value is -2.38. The SMILES string of the molecule is COCCNC(=O)CSc1ccccc1C(=O)N(C)Cc1ccc(F)cc1. The zero-order chi connectivity index (χ0) is 19.6. The molecule has 144 valence electrons. The highest BCUT2D eigenvalue weighted by atomic mass is 32.2.